The molecule has 1 amide bonds. The zero-order chi connectivity index (χ0) is 26.6. The van der Waals surface area contributed by atoms with E-state index < -0.39 is 36.0 Å². The van der Waals surface area contributed by atoms with Crippen LogP contribution in [0.2, 0.25) is 0 Å². The van der Waals surface area contributed by atoms with Gasteiger partial charge < -0.3 is 14.8 Å². The standard InChI is InChI=1S/C25H20F4N4O4/c1-2-36-21(34)12-30-24(35)22-20(37-13-15-6-4-3-5-7-15)11-19(33-23(22)31-14-32-33)16-8-9-18(26)17(10-16)25(27,28)29/h3-11,14H,2,12-13H2,1H3,(H,30,35). The predicted molar refractivity (Wildman–Crippen MR) is 123 cm³/mol. The van der Waals surface area contributed by atoms with E-state index in [0.717, 1.165) is 22.5 Å². The fourth-order valence-corrected chi connectivity index (χ4v) is 3.58. The van der Waals surface area contributed by atoms with Crippen molar-refractivity contribution in [3.8, 4) is 17.0 Å². The number of carbonyl (C=O) groups is 2. The minimum Gasteiger partial charge on any atom is -0.488 e. The van der Waals surface area contributed by atoms with Crippen molar-refractivity contribution in [2.24, 2.45) is 0 Å². The van der Waals surface area contributed by atoms with Crippen LogP contribution in [0, 0.1) is 5.82 Å². The average molecular weight is 516 g/mol. The van der Waals surface area contributed by atoms with E-state index in [9.17, 15) is 27.2 Å². The molecule has 0 unspecified atom stereocenters. The molecule has 0 spiro atoms. The number of aromatic nitrogens is 3. The SMILES string of the molecule is CCOC(=O)CNC(=O)c1c(OCc2ccccc2)cc(-c2ccc(F)c(C(F)(F)F)c2)n2ncnc12. The van der Waals surface area contributed by atoms with Gasteiger partial charge in [0.2, 0.25) is 0 Å². The first-order valence-corrected chi connectivity index (χ1v) is 11.0. The number of amides is 1. The van der Waals surface area contributed by atoms with Crippen LogP contribution < -0.4 is 10.1 Å². The largest absolute Gasteiger partial charge is 0.488 e. The summed E-state index contributed by atoms with van der Waals surface area (Å²) < 4.78 is 65.9. The number of fused-ring (bicyclic) bond motifs is 1. The van der Waals surface area contributed by atoms with E-state index >= 15 is 0 Å². The van der Waals surface area contributed by atoms with Crippen molar-refractivity contribution in [3.05, 3.63) is 83.4 Å². The summed E-state index contributed by atoms with van der Waals surface area (Å²) in [4.78, 5) is 28.9. The minimum absolute atomic E-state index is 0.0139. The molecule has 192 valence electrons. The van der Waals surface area contributed by atoms with Crippen molar-refractivity contribution < 1.29 is 36.6 Å². The lowest BCUT2D eigenvalue weighted by molar-refractivity contribution is -0.142. The second kappa shape index (κ2) is 10.6. The summed E-state index contributed by atoms with van der Waals surface area (Å²) in [7, 11) is 0. The molecule has 2 heterocycles. The van der Waals surface area contributed by atoms with Gasteiger partial charge in [0.15, 0.2) is 5.65 Å². The van der Waals surface area contributed by atoms with Gasteiger partial charge in [-0.1, -0.05) is 30.3 Å². The Labute approximate surface area is 207 Å². The summed E-state index contributed by atoms with van der Waals surface area (Å²) >= 11 is 0. The van der Waals surface area contributed by atoms with Crippen molar-refractivity contribution in [2.75, 3.05) is 13.2 Å². The number of pyridine rings is 1. The van der Waals surface area contributed by atoms with Gasteiger partial charge >= 0.3 is 12.1 Å². The summed E-state index contributed by atoms with van der Waals surface area (Å²) in [5, 5.41) is 6.47. The molecule has 1 N–H and O–H groups in total. The summed E-state index contributed by atoms with van der Waals surface area (Å²) in [5.74, 6) is -2.86. The molecule has 2 aromatic heterocycles. The highest BCUT2D eigenvalue weighted by molar-refractivity contribution is 6.04. The maximum Gasteiger partial charge on any atom is 0.419 e. The Balaban J connectivity index is 1.82. The van der Waals surface area contributed by atoms with E-state index in [1.165, 1.54) is 6.07 Å². The molecule has 0 bridgehead atoms. The van der Waals surface area contributed by atoms with Gasteiger partial charge in [-0.15, -0.1) is 0 Å². The molecule has 0 saturated carbocycles. The van der Waals surface area contributed by atoms with E-state index in [4.69, 9.17) is 9.47 Å². The first-order valence-electron chi connectivity index (χ1n) is 11.0. The van der Waals surface area contributed by atoms with E-state index in [1.54, 1.807) is 31.2 Å². The molecule has 0 aliphatic carbocycles. The molecular formula is C25H20F4N4O4. The maximum absolute atomic E-state index is 13.9. The molecule has 0 aliphatic heterocycles. The molecule has 4 rings (SSSR count). The number of nitrogens with zero attached hydrogens (tertiary/aromatic N) is 3. The first-order chi connectivity index (χ1) is 17.7. The molecule has 4 aromatic rings. The van der Waals surface area contributed by atoms with Crippen molar-refractivity contribution in [3.63, 3.8) is 0 Å². The highest BCUT2D eigenvalue weighted by atomic mass is 19.4. The third-order valence-electron chi connectivity index (χ3n) is 5.24. The fourth-order valence-electron chi connectivity index (χ4n) is 3.58. The number of benzene rings is 2. The topological polar surface area (TPSA) is 94.8 Å². The van der Waals surface area contributed by atoms with Gasteiger partial charge in [-0.3, -0.25) is 9.59 Å². The molecule has 12 heteroatoms. The van der Waals surface area contributed by atoms with Gasteiger partial charge in [0.05, 0.1) is 17.9 Å². The van der Waals surface area contributed by atoms with Crippen LogP contribution in [0.25, 0.3) is 16.9 Å². The Hall–Kier alpha value is -4.48. The molecule has 8 nitrogen and oxygen atoms in total. The highest BCUT2D eigenvalue weighted by Crippen LogP contribution is 2.36. The monoisotopic (exact) mass is 516 g/mol. The summed E-state index contributed by atoms with van der Waals surface area (Å²) in [5.41, 5.74) is -0.805. The minimum atomic E-state index is -4.93. The molecule has 0 saturated heterocycles. The van der Waals surface area contributed by atoms with Crippen molar-refractivity contribution >= 4 is 17.5 Å². The lowest BCUT2D eigenvalue weighted by Gasteiger charge is -2.16. The number of alkyl halides is 3. The van der Waals surface area contributed by atoms with Crippen LogP contribution in [0.5, 0.6) is 5.75 Å². The number of nitrogens with one attached hydrogen (secondary N) is 1. The number of rotatable bonds is 8. The lowest BCUT2D eigenvalue weighted by Crippen LogP contribution is -2.31. The smallest absolute Gasteiger partial charge is 0.419 e. The van der Waals surface area contributed by atoms with E-state index in [0.29, 0.717) is 12.1 Å². The molecule has 37 heavy (non-hydrogen) atoms. The Bertz CT molecular complexity index is 1440. The van der Waals surface area contributed by atoms with Gasteiger partial charge in [-0.05, 0) is 30.7 Å². The Kier molecular flexibility index (Phi) is 7.37. The van der Waals surface area contributed by atoms with E-state index in [1.807, 2.05) is 6.07 Å². The second-order valence-corrected chi connectivity index (χ2v) is 7.72. The van der Waals surface area contributed by atoms with E-state index in [-0.39, 0.29) is 41.4 Å². The molecular weight excluding hydrogens is 496 g/mol. The zero-order valence-electron chi connectivity index (χ0n) is 19.4. The van der Waals surface area contributed by atoms with Crippen LogP contribution in [0.1, 0.15) is 28.4 Å². The van der Waals surface area contributed by atoms with Crippen LogP contribution in [0.15, 0.2) is 60.9 Å². The summed E-state index contributed by atoms with van der Waals surface area (Å²) in [6.07, 6.45) is -3.82. The number of esters is 1. The Morgan fingerprint density at radius 2 is 1.84 bits per heavy atom. The van der Waals surface area contributed by atoms with E-state index in [2.05, 4.69) is 15.4 Å². The van der Waals surface area contributed by atoms with Crippen molar-refractivity contribution in [1.29, 1.82) is 0 Å². The molecule has 0 aliphatic rings. The number of hydrogen-bond donors (Lipinski definition) is 1. The number of ether oxygens (including phenoxy) is 2. The van der Waals surface area contributed by atoms with Crippen LogP contribution >= 0.6 is 0 Å². The molecule has 0 atom stereocenters. The van der Waals surface area contributed by atoms with Crippen molar-refractivity contribution in [2.45, 2.75) is 19.7 Å². The third-order valence-corrected chi connectivity index (χ3v) is 5.24. The number of carbonyl (C=O) groups excluding carboxylic acids is 2. The molecule has 0 radical (unpaired) electrons. The normalized spacial score (nSPS) is 11.4. The Morgan fingerprint density at radius 1 is 1.08 bits per heavy atom. The zero-order valence-corrected chi connectivity index (χ0v) is 19.4. The van der Waals surface area contributed by atoms with Crippen molar-refractivity contribution in [1.82, 2.24) is 19.9 Å². The van der Waals surface area contributed by atoms with Gasteiger partial charge in [0, 0.05) is 11.6 Å². The average Bonchev–Trinajstić information content (AvgIpc) is 3.35. The van der Waals surface area contributed by atoms with Crippen LogP contribution in [0.3, 0.4) is 0 Å². The van der Waals surface area contributed by atoms with Gasteiger partial charge in [-0.2, -0.15) is 18.3 Å². The predicted octanol–water partition coefficient (Wildman–Crippen LogP) is 4.43. The molecule has 2 aromatic carbocycles. The fraction of sp³-hybridized carbons (Fsp3) is 0.200. The van der Waals surface area contributed by atoms with Crippen LogP contribution in [-0.4, -0.2) is 39.6 Å². The highest BCUT2D eigenvalue weighted by Gasteiger charge is 2.34. The first kappa shape index (κ1) is 25.6. The Morgan fingerprint density at radius 3 is 2.54 bits per heavy atom. The quantitative estimate of drug-likeness (QED) is 0.275. The maximum atomic E-state index is 13.9. The molecule has 0 fully saturated rings. The third kappa shape index (κ3) is 5.68. The lowest BCUT2D eigenvalue weighted by atomic mass is 10.0. The van der Waals surface area contributed by atoms with Gasteiger partial charge in [0.25, 0.3) is 5.91 Å². The van der Waals surface area contributed by atoms with Crippen LogP contribution in [0.4, 0.5) is 17.6 Å². The number of hydrogen-bond acceptors (Lipinski definition) is 6. The summed E-state index contributed by atoms with van der Waals surface area (Å²) in [6.45, 7) is 1.33. The van der Waals surface area contributed by atoms with Crippen LogP contribution in [-0.2, 0) is 22.3 Å². The number of halogens is 4. The van der Waals surface area contributed by atoms with Gasteiger partial charge in [0.1, 0.15) is 36.6 Å². The summed E-state index contributed by atoms with van der Waals surface area (Å²) in [6, 6.07) is 12.8. The van der Waals surface area contributed by atoms with Gasteiger partial charge in [-0.25, -0.2) is 13.9 Å². The second-order valence-electron chi connectivity index (χ2n) is 7.72.